The lowest BCUT2D eigenvalue weighted by molar-refractivity contribution is 0.558. The fourth-order valence-corrected chi connectivity index (χ4v) is 0.475. The standard InChI is InChI=1S/C4H9N3/c5-4-1-2-6-3-7-4/h1-2,4,6-7H,3,5H2. The molecule has 0 aliphatic carbocycles. The van der Waals surface area contributed by atoms with E-state index in [9.17, 15) is 0 Å². The van der Waals surface area contributed by atoms with Crippen molar-refractivity contribution in [3.8, 4) is 0 Å². The molecule has 0 spiro atoms. The van der Waals surface area contributed by atoms with Crippen molar-refractivity contribution in [1.29, 1.82) is 0 Å². The molecule has 1 unspecified atom stereocenters. The molecule has 1 rings (SSSR count). The van der Waals surface area contributed by atoms with Gasteiger partial charge in [0.05, 0.1) is 12.8 Å². The summed E-state index contributed by atoms with van der Waals surface area (Å²) >= 11 is 0. The van der Waals surface area contributed by atoms with Gasteiger partial charge in [0.2, 0.25) is 0 Å². The predicted molar refractivity (Wildman–Crippen MR) is 28.3 cm³/mol. The normalized spacial score (nSPS) is 29.6. The number of rotatable bonds is 0. The summed E-state index contributed by atoms with van der Waals surface area (Å²) in [4.78, 5) is 0. The van der Waals surface area contributed by atoms with Crippen LogP contribution in [0.2, 0.25) is 0 Å². The van der Waals surface area contributed by atoms with E-state index in [1.165, 1.54) is 0 Å². The molecule has 7 heavy (non-hydrogen) atoms. The minimum atomic E-state index is 0.0428. The summed E-state index contributed by atoms with van der Waals surface area (Å²) in [6.45, 7) is 0.775. The van der Waals surface area contributed by atoms with Crippen molar-refractivity contribution in [3.63, 3.8) is 0 Å². The third-order valence-corrected chi connectivity index (χ3v) is 0.861. The van der Waals surface area contributed by atoms with E-state index in [1.54, 1.807) is 0 Å². The summed E-state index contributed by atoms with van der Waals surface area (Å²) in [6, 6.07) is 0. The van der Waals surface area contributed by atoms with Crippen LogP contribution in [0.4, 0.5) is 0 Å². The molecule has 0 aromatic heterocycles. The molecule has 1 atom stereocenters. The van der Waals surface area contributed by atoms with Crippen molar-refractivity contribution in [2.75, 3.05) is 6.67 Å². The van der Waals surface area contributed by atoms with Crippen molar-refractivity contribution >= 4 is 0 Å². The molecule has 40 valence electrons. The van der Waals surface area contributed by atoms with Gasteiger partial charge in [-0.3, -0.25) is 5.32 Å². The highest BCUT2D eigenvalue weighted by molar-refractivity contribution is 4.91. The molecule has 1 aliphatic rings. The SMILES string of the molecule is NC1C=CNCN1. The Balaban J connectivity index is 2.36. The van der Waals surface area contributed by atoms with E-state index in [2.05, 4.69) is 10.6 Å². The molecular formula is C4H9N3. The zero-order valence-electron chi connectivity index (χ0n) is 4.02. The molecule has 0 radical (unpaired) electrons. The van der Waals surface area contributed by atoms with Crippen molar-refractivity contribution in [1.82, 2.24) is 10.6 Å². The molecule has 4 N–H and O–H groups in total. The Bertz CT molecular complexity index is 79.0. The summed E-state index contributed by atoms with van der Waals surface area (Å²) in [5.74, 6) is 0. The van der Waals surface area contributed by atoms with E-state index in [1.807, 2.05) is 12.3 Å². The van der Waals surface area contributed by atoms with Crippen molar-refractivity contribution in [2.24, 2.45) is 5.73 Å². The minimum Gasteiger partial charge on any atom is -0.378 e. The Hall–Kier alpha value is -0.540. The Labute approximate surface area is 42.6 Å². The number of nitrogens with two attached hydrogens (primary N) is 1. The van der Waals surface area contributed by atoms with Crippen LogP contribution in [0.1, 0.15) is 0 Å². The highest BCUT2D eigenvalue weighted by Crippen LogP contribution is 1.77. The molecule has 0 saturated heterocycles. The van der Waals surface area contributed by atoms with Gasteiger partial charge >= 0.3 is 0 Å². The predicted octanol–water partition coefficient (Wildman–Crippen LogP) is -1.06. The van der Waals surface area contributed by atoms with Crippen LogP contribution >= 0.6 is 0 Å². The highest BCUT2D eigenvalue weighted by Gasteiger charge is 1.95. The molecule has 0 amide bonds. The van der Waals surface area contributed by atoms with Crippen molar-refractivity contribution < 1.29 is 0 Å². The summed E-state index contributed by atoms with van der Waals surface area (Å²) in [6.07, 6.45) is 3.76. The van der Waals surface area contributed by atoms with E-state index in [-0.39, 0.29) is 6.17 Å². The van der Waals surface area contributed by atoms with Gasteiger partial charge in [0, 0.05) is 0 Å². The monoisotopic (exact) mass is 99.1 g/mol. The Morgan fingerprint density at radius 2 is 2.57 bits per heavy atom. The fraction of sp³-hybridized carbons (Fsp3) is 0.500. The molecule has 1 aliphatic heterocycles. The Morgan fingerprint density at radius 3 is 2.86 bits per heavy atom. The van der Waals surface area contributed by atoms with Gasteiger partial charge in [0.15, 0.2) is 0 Å². The molecule has 0 fully saturated rings. The van der Waals surface area contributed by atoms with Crippen LogP contribution in [0, 0.1) is 0 Å². The lowest BCUT2D eigenvalue weighted by Crippen LogP contribution is -2.43. The molecule has 0 aromatic rings. The molecule has 1 heterocycles. The molecule has 0 bridgehead atoms. The van der Waals surface area contributed by atoms with Crippen LogP contribution in [-0.2, 0) is 0 Å². The zero-order valence-corrected chi connectivity index (χ0v) is 4.02. The number of hydrogen-bond acceptors (Lipinski definition) is 3. The first-order chi connectivity index (χ1) is 3.39. The van der Waals surface area contributed by atoms with Crippen LogP contribution in [0.5, 0.6) is 0 Å². The van der Waals surface area contributed by atoms with E-state index in [0.29, 0.717) is 0 Å². The first kappa shape index (κ1) is 4.61. The van der Waals surface area contributed by atoms with E-state index in [4.69, 9.17) is 5.73 Å². The maximum Gasteiger partial charge on any atom is 0.0769 e. The third-order valence-electron chi connectivity index (χ3n) is 0.861. The van der Waals surface area contributed by atoms with Gasteiger partial charge in [0.25, 0.3) is 0 Å². The minimum absolute atomic E-state index is 0.0428. The third kappa shape index (κ3) is 1.17. The maximum absolute atomic E-state index is 5.40. The van der Waals surface area contributed by atoms with Gasteiger partial charge in [-0.2, -0.15) is 0 Å². The van der Waals surface area contributed by atoms with Crippen LogP contribution < -0.4 is 16.4 Å². The summed E-state index contributed by atoms with van der Waals surface area (Å²) in [7, 11) is 0. The largest absolute Gasteiger partial charge is 0.378 e. The van der Waals surface area contributed by atoms with Gasteiger partial charge in [-0.15, -0.1) is 0 Å². The Morgan fingerprint density at radius 1 is 1.71 bits per heavy atom. The second-order valence-corrected chi connectivity index (χ2v) is 1.47. The molecular weight excluding hydrogens is 90.1 g/mol. The highest BCUT2D eigenvalue weighted by atomic mass is 15.1. The Kier molecular flexibility index (Phi) is 1.29. The summed E-state index contributed by atoms with van der Waals surface area (Å²) < 4.78 is 0. The molecule has 0 aromatic carbocycles. The second-order valence-electron chi connectivity index (χ2n) is 1.47. The summed E-state index contributed by atoms with van der Waals surface area (Å²) in [5, 5.41) is 5.91. The van der Waals surface area contributed by atoms with Crippen molar-refractivity contribution in [3.05, 3.63) is 12.3 Å². The quantitative estimate of drug-likeness (QED) is 0.362. The van der Waals surface area contributed by atoms with Gasteiger partial charge in [-0.25, -0.2) is 0 Å². The lowest BCUT2D eigenvalue weighted by Gasteiger charge is -2.13. The average Bonchev–Trinajstić information content (AvgIpc) is 1.69. The van der Waals surface area contributed by atoms with Gasteiger partial charge in [-0.1, -0.05) is 0 Å². The molecule has 3 nitrogen and oxygen atoms in total. The molecule has 3 heteroatoms. The van der Waals surface area contributed by atoms with Crippen LogP contribution in [0.25, 0.3) is 0 Å². The number of hydrogen-bond donors (Lipinski definition) is 3. The van der Waals surface area contributed by atoms with Gasteiger partial charge in [-0.05, 0) is 12.3 Å². The zero-order chi connectivity index (χ0) is 5.11. The first-order valence-electron chi connectivity index (χ1n) is 2.28. The lowest BCUT2D eigenvalue weighted by atomic mass is 10.4. The van der Waals surface area contributed by atoms with Crippen molar-refractivity contribution in [2.45, 2.75) is 6.17 Å². The van der Waals surface area contributed by atoms with E-state index in [0.717, 1.165) is 6.67 Å². The smallest absolute Gasteiger partial charge is 0.0769 e. The van der Waals surface area contributed by atoms with Gasteiger partial charge < -0.3 is 11.1 Å². The fourth-order valence-electron chi connectivity index (χ4n) is 0.475. The summed E-state index contributed by atoms with van der Waals surface area (Å²) in [5.41, 5.74) is 5.40. The van der Waals surface area contributed by atoms with Gasteiger partial charge in [0.1, 0.15) is 0 Å². The van der Waals surface area contributed by atoms with Crippen LogP contribution in [0.15, 0.2) is 12.3 Å². The topological polar surface area (TPSA) is 50.1 Å². The van der Waals surface area contributed by atoms with E-state index >= 15 is 0 Å². The molecule has 0 saturated carbocycles. The van der Waals surface area contributed by atoms with Crippen LogP contribution in [-0.4, -0.2) is 12.8 Å². The van der Waals surface area contributed by atoms with E-state index < -0.39 is 0 Å². The maximum atomic E-state index is 5.40. The first-order valence-corrected chi connectivity index (χ1v) is 2.28. The van der Waals surface area contributed by atoms with Crippen LogP contribution in [0.3, 0.4) is 0 Å². The number of nitrogens with one attached hydrogen (secondary N) is 2. The average molecular weight is 99.1 g/mol. The second kappa shape index (κ2) is 1.95.